The molecule has 1 aromatic carbocycles. The number of hydrogen-bond donors (Lipinski definition) is 2. The van der Waals surface area contributed by atoms with Crippen molar-refractivity contribution < 1.29 is 9.53 Å². The zero-order valence-electron chi connectivity index (χ0n) is 15.5. The summed E-state index contributed by atoms with van der Waals surface area (Å²) in [7, 11) is 1.98. The normalized spacial score (nSPS) is 15.3. The summed E-state index contributed by atoms with van der Waals surface area (Å²) in [6.07, 6.45) is 6.42. The molecule has 2 aromatic rings. The van der Waals surface area contributed by atoms with Crippen LogP contribution in [0.15, 0.2) is 18.2 Å². The Morgan fingerprint density at radius 2 is 2.08 bits per heavy atom. The average molecular weight is 374 g/mol. The first-order valence-electron chi connectivity index (χ1n) is 9.28. The van der Waals surface area contributed by atoms with Crippen molar-refractivity contribution in [3.8, 4) is 0 Å². The van der Waals surface area contributed by atoms with Crippen LogP contribution in [0.5, 0.6) is 0 Å². The van der Waals surface area contributed by atoms with Gasteiger partial charge in [0.25, 0.3) is 0 Å². The molecule has 3 rings (SSSR count). The van der Waals surface area contributed by atoms with E-state index in [2.05, 4.69) is 22.8 Å². The van der Waals surface area contributed by atoms with E-state index >= 15 is 0 Å². The van der Waals surface area contributed by atoms with Crippen LogP contribution in [0.2, 0.25) is 0 Å². The molecule has 0 saturated heterocycles. The highest BCUT2D eigenvalue weighted by Crippen LogP contribution is 2.36. The van der Waals surface area contributed by atoms with Crippen molar-refractivity contribution in [2.45, 2.75) is 50.7 Å². The number of aryl methyl sites for hydroxylation is 1. The van der Waals surface area contributed by atoms with Gasteiger partial charge in [0.1, 0.15) is 0 Å². The van der Waals surface area contributed by atoms with Crippen molar-refractivity contribution in [1.29, 1.82) is 5.41 Å². The van der Waals surface area contributed by atoms with Crippen molar-refractivity contribution in [1.82, 2.24) is 4.57 Å². The fourth-order valence-corrected chi connectivity index (χ4v) is 4.57. The van der Waals surface area contributed by atoms with Gasteiger partial charge in [-0.15, -0.1) is 0 Å². The molecule has 1 aliphatic rings. The first-order valence-corrected chi connectivity index (χ1v) is 10.3. The van der Waals surface area contributed by atoms with Crippen molar-refractivity contribution in [3.63, 3.8) is 0 Å². The summed E-state index contributed by atoms with van der Waals surface area (Å²) in [5, 5.41) is 8.46. The Morgan fingerprint density at radius 1 is 1.35 bits per heavy atom. The van der Waals surface area contributed by atoms with E-state index in [1.54, 1.807) is 0 Å². The van der Waals surface area contributed by atoms with Gasteiger partial charge in [-0.3, -0.25) is 5.41 Å². The molecule has 0 radical (unpaired) electrons. The summed E-state index contributed by atoms with van der Waals surface area (Å²) in [5.41, 5.74) is 9.39. The molecule has 6 heteroatoms. The van der Waals surface area contributed by atoms with Crippen molar-refractivity contribution in [2.75, 3.05) is 6.61 Å². The molecule has 1 fully saturated rings. The molecule has 1 heterocycles. The SMILES string of the molecule is CCOC(=O)c1c(CSC(=N)N)n(C)c2cc(C3CCCCC3)ccc12. The number of esters is 1. The number of nitrogens with two attached hydrogens (primary N) is 1. The Kier molecular flexibility index (Phi) is 5.91. The molecular weight excluding hydrogens is 346 g/mol. The molecule has 140 valence electrons. The summed E-state index contributed by atoms with van der Waals surface area (Å²) in [5.74, 6) is 0.791. The number of hydrogen-bond acceptors (Lipinski definition) is 4. The van der Waals surface area contributed by atoms with E-state index in [9.17, 15) is 4.79 Å². The minimum Gasteiger partial charge on any atom is -0.462 e. The van der Waals surface area contributed by atoms with Crippen LogP contribution >= 0.6 is 11.8 Å². The molecule has 1 saturated carbocycles. The van der Waals surface area contributed by atoms with Gasteiger partial charge in [-0.05, 0) is 37.3 Å². The maximum atomic E-state index is 12.6. The highest BCUT2D eigenvalue weighted by molar-refractivity contribution is 8.13. The fraction of sp³-hybridized carbons (Fsp3) is 0.500. The third-order valence-corrected chi connectivity index (χ3v) is 6.00. The summed E-state index contributed by atoms with van der Waals surface area (Å²) in [6, 6.07) is 6.46. The largest absolute Gasteiger partial charge is 0.462 e. The number of nitrogens with one attached hydrogen (secondary N) is 1. The molecule has 0 aliphatic heterocycles. The Hall–Kier alpha value is -1.95. The standard InChI is InChI=1S/C20H27N3O2S/c1-3-25-19(24)18-15-10-9-14(13-7-5-4-6-8-13)11-16(15)23(2)17(18)12-26-20(21)22/h9-11,13H,3-8,12H2,1-2H3,(H3,21,22). The van der Waals surface area contributed by atoms with Gasteiger partial charge in [-0.2, -0.15) is 0 Å². The molecule has 3 N–H and O–H groups in total. The van der Waals surface area contributed by atoms with Crippen LogP contribution in [0.1, 0.15) is 66.6 Å². The van der Waals surface area contributed by atoms with Gasteiger partial charge in [0, 0.05) is 29.4 Å². The average Bonchev–Trinajstić information content (AvgIpc) is 2.92. The van der Waals surface area contributed by atoms with Crippen LogP contribution in [-0.4, -0.2) is 22.3 Å². The van der Waals surface area contributed by atoms with Crippen LogP contribution in [0.25, 0.3) is 10.9 Å². The lowest BCUT2D eigenvalue weighted by atomic mass is 9.84. The van der Waals surface area contributed by atoms with Gasteiger partial charge in [-0.25, -0.2) is 4.79 Å². The smallest absolute Gasteiger partial charge is 0.340 e. The zero-order valence-corrected chi connectivity index (χ0v) is 16.3. The molecule has 0 unspecified atom stereocenters. The van der Waals surface area contributed by atoms with E-state index in [0.29, 0.717) is 23.8 Å². The molecular formula is C20H27N3O2S. The third-order valence-electron chi connectivity index (χ3n) is 5.27. The van der Waals surface area contributed by atoms with Gasteiger partial charge in [0.2, 0.25) is 0 Å². The first-order chi connectivity index (χ1) is 12.5. The van der Waals surface area contributed by atoms with E-state index in [0.717, 1.165) is 16.6 Å². The van der Waals surface area contributed by atoms with Crippen molar-refractivity contribution in [3.05, 3.63) is 35.0 Å². The lowest BCUT2D eigenvalue weighted by Crippen LogP contribution is -2.10. The van der Waals surface area contributed by atoms with Crippen LogP contribution in [0, 0.1) is 5.41 Å². The van der Waals surface area contributed by atoms with Crippen LogP contribution in [-0.2, 0) is 17.5 Å². The number of rotatable bonds is 5. The number of amidine groups is 1. The Labute approximate surface area is 158 Å². The molecule has 0 amide bonds. The second kappa shape index (κ2) is 8.16. The number of ether oxygens (including phenoxy) is 1. The maximum absolute atomic E-state index is 12.6. The molecule has 0 atom stereocenters. The number of benzene rings is 1. The summed E-state index contributed by atoms with van der Waals surface area (Å²) < 4.78 is 7.36. The number of nitrogens with zero attached hydrogens (tertiary/aromatic N) is 1. The van der Waals surface area contributed by atoms with Crippen LogP contribution in [0.3, 0.4) is 0 Å². The van der Waals surface area contributed by atoms with Crippen LogP contribution < -0.4 is 5.73 Å². The van der Waals surface area contributed by atoms with Gasteiger partial charge in [-0.1, -0.05) is 43.2 Å². The zero-order chi connectivity index (χ0) is 18.7. The fourth-order valence-electron chi connectivity index (χ4n) is 3.94. The van der Waals surface area contributed by atoms with Gasteiger partial charge < -0.3 is 15.0 Å². The van der Waals surface area contributed by atoms with E-state index < -0.39 is 0 Å². The number of carbonyl (C=O) groups excluding carboxylic acids is 1. The predicted octanol–water partition coefficient (Wildman–Crippen LogP) is 4.53. The Morgan fingerprint density at radius 3 is 2.73 bits per heavy atom. The minimum absolute atomic E-state index is 0.0490. The molecule has 1 aromatic heterocycles. The third kappa shape index (κ3) is 3.75. The Bertz CT molecular complexity index is 822. The molecule has 26 heavy (non-hydrogen) atoms. The second-order valence-electron chi connectivity index (χ2n) is 6.87. The Balaban J connectivity index is 2.07. The van der Waals surface area contributed by atoms with Gasteiger partial charge in [0.15, 0.2) is 5.17 Å². The van der Waals surface area contributed by atoms with E-state index in [1.165, 1.54) is 49.4 Å². The topological polar surface area (TPSA) is 81.1 Å². The van der Waals surface area contributed by atoms with Crippen molar-refractivity contribution in [2.24, 2.45) is 12.8 Å². The first kappa shape index (κ1) is 18.8. The quantitative estimate of drug-likeness (QED) is 0.458. The predicted molar refractivity (Wildman–Crippen MR) is 108 cm³/mol. The highest BCUT2D eigenvalue weighted by atomic mass is 32.2. The number of aromatic nitrogens is 1. The molecule has 0 bridgehead atoms. The van der Waals surface area contributed by atoms with Crippen molar-refractivity contribution >= 4 is 33.8 Å². The number of carbonyl (C=O) groups is 1. The highest BCUT2D eigenvalue weighted by Gasteiger charge is 2.24. The summed E-state index contributed by atoms with van der Waals surface area (Å²) in [6.45, 7) is 2.16. The monoisotopic (exact) mass is 373 g/mol. The number of thioether (sulfide) groups is 1. The lowest BCUT2D eigenvalue weighted by molar-refractivity contribution is 0.0527. The minimum atomic E-state index is -0.303. The molecule has 1 aliphatic carbocycles. The molecule has 5 nitrogen and oxygen atoms in total. The lowest BCUT2D eigenvalue weighted by Gasteiger charge is -2.22. The van der Waals surface area contributed by atoms with Crippen LogP contribution in [0.4, 0.5) is 0 Å². The maximum Gasteiger partial charge on any atom is 0.340 e. The second-order valence-corrected chi connectivity index (χ2v) is 7.88. The van der Waals surface area contributed by atoms with E-state index in [-0.39, 0.29) is 11.1 Å². The number of fused-ring (bicyclic) bond motifs is 1. The van der Waals surface area contributed by atoms with Gasteiger partial charge in [0.05, 0.1) is 12.2 Å². The van der Waals surface area contributed by atoms with E-state index in [1.807, 2.05) is 14.0 Å². The summed E-state index contributed by atoms with van der Waals surface area (Å²) in [4.78, 5) is 12.6. The van der Waals surface area contributed by atoms with Gasteiger partial charge >= 0.3 is 5.97 Å². The summed E-state index contributed by atoms with van der Waals surface area (Å²) >= 11 is 1.23. The van der Waals surface area contributed by atoms with E-state index in [4.69, 9.17) is 15.9 Å². The molecule has 0 spiro atoms.